The topological polar surface area (TPSA) is 186 Å². The maximum atomic E-state index is 13.6. The van der Waals surface area contributed by atoms with Crippen molar-refractivity contribution in [3.63, 3.8) is 0 Å². The van der Waals surface area contributed by atoms with Crippen LogP contribution < -0.4 is 0 Å². The van der Waals surface area contributed by atoms with Crippen molar-refractivity contribution in [3.8, 4) is 0 Å². The zero-order valence-corrected chi connectivity index (χ0v) is 34.7. The first kappa shape index (κ1) is 47.8. The van der Waals surface area contributed by atoms with Gasteiger partial charge in [0.05, 0.1) is 0 Å². The van der Waals surface area contributed by atoms with E-state index in [4.69, 9.17) is 18.9 Å². The number of rotatable bonds is 8. The van der Waals surface area contributed by atoms with Gasteiger partial charge in [0.2, 0.25) is 0 Å². The summed E-state index contributed by atoms with van der Waals surface area (Å²) in [7, 11) is 5.42. The molecule has 0 aromatic rings. The normalized spacial score (nSPS) is 26.0. The Morgan fingerprint density at radius 3 is 0.926 bits per heavy atom. The van der Waals surface area contributed by atoms with Crippen LogP contribution in [0.15, 0.2) is 0 Å². The van der Waals surface area contributed by atoms with Crippen LogP contribution in [0.4, 0.5) is 0 Å². The Balaban J connectivity index is 3.69. The third-order valence-corrected chi connectivity index (χ3v) is 9.18. The molecule has 0 N–H and O–H groups in total. The lowest BCUT2D eigenvalue weighted by atomic mass is 10.0. The van der Waals surface area contributed by atoms with Crippen LogP contribution in [0.1, 0.15) is 94.9 Å². The summed E-state index contributed by atoms with van der Waals surface area (Å²) >= 11 is 0. The molecular weight excluding hydrogens is 704 g/mol. The fraction of sp³-hybridized carbons (Fsp3) is 0.789. The van der Waals surface area contributed by atoms with Gasteiger partial charge in [0.1, 0.15) is 24.2 Å². The quantitative estimate of drug-likeness (QED) is 0.260. The van der Waals surface area contributed by atoms with Crippen LogP contribution in [0.2, 0.25) is 0 Å². The highest BCUT2D eigenvalue weighted by Crippen LogP contribution is 2.20. The summed E-state index contributed by atoms with van der Waals surface area (Å²) in [5.74, 6) is -6.82. The lowest BCUT2D eigenvalue weighted by Crippen LogP contribution is -2.52. The minimum atomic E-state index is -1.38. The van der Waals surface area contributed by atoms with E-state index in [2.05, 4.69) is 0 Å². The van der Waals surface area contributed by atoms with Gasteiger partial charge in [-0.25, -0.2) is 19.2 Å². The Kier molecular flexibility index (Phi) is 19.1. The fourth-order valence-corrected chi connectivity index (χ4v) is 5.93. The number of hydrogen-bond donors (Lipinski definition) is 0. The molecule has 0 bridgehead atoms. The monoisotopic (exact) mass is 768 g/mol. The molecule has 0 radical (unpaired) electrons. The first-order valence-electron chi connectivity index (χ1n) is 18.7. The molecule has 4 amide bonds. The number of nitrogens with zero attached hydrogens (tertiary/aromatic N) is 4. The van der Waals surface area contributed by atoms with Crippen LogP contribution in [0.5, 0.6) is 0 Å². The molecule has 0 aromatic heterocycles. The predicted octanol–water partition coefficient (Wildman–Crippen LogP) is 2.44. The molecule has 54 heavy (non-hydrogen) atoms. The second-order valence-electron chi connectivity index (χ2n) is 15.9. The number of esters is 4. The second-order valence-corrected chi connectivity index (χ2v) is 15.9. The van der Waals surface area contributed by atoms with Crippen molar-refractivity contribution in [1.29, 1.82) is 0 Å². The zero-order valence-electron chi connectivity index (χ0n) is 34.7. The first-order valence-corrected chi connectivity index (χ1v) is 18.7. The number of hydrogen-bond acceptors (Lipinski definition) is 12. The molecule has 0 saturated carbocycles. The molecule has 6 atom stereocenters. The van der Waals surface area contributed by atoms with E-state index in [1.165, 1.54) is 42.0 Å². The molecule has 0 unspecified atom stereocenters. The summed E-state index contributed by atoms with van der Waals surface area (Å²) in [5.41, 5.74) is 0. The van der Waals surface area contributed by atoms with Crippen molar-refractivity contribution in [2.75, 3.05) is 41.4 Å². The summed E-state index contributed by atoms with van der Waals surface area (Å²) < 4.78 is 21.9. The number of likely N-dealkylation sites (N-methyl/N-ethyl adjacent to an activating group) is 4. The third-order valence-electron chi connectivity index (χ3n) is 9.18. The van der Waals surface area contributed by atoms with E-state index >= 15 is 0 Å². The highest BCUT2D eigenvalue weighted by atomic mass is 16.6. The van der Waals surface area contributed by atoms with E-state index in [0.29, 0.717) is 0 Å². The average molecular weight is 769 g/mol. The Bertz CT molecular complexity index is 1230. The van der Waals surface area contributed by atoms with Crippen LogP contribution in [0.3, 0.4) is 0 Å². The summed E-state index contributed by atoms with van der Waals surface area (Å²) in [6, 6.07) is -4.64. The Morgan fingerprint density at radius 2 is 0.685 bits per heavy atom. The van der Waals surface area contributed by atoms with Crippen molar-refractivity contribution >= 4 is 47.5 Å². The van der Waals surface area contributed by atoms with Gasteiger partial charge in [0.25, 0.3) is 23.6 Å². The number of carbonyl (C=O) groups is 8. The van der Waals surface area contributed by atoms with Crippen molar-refractivity contribution in [2.45, 2.75) is 131 Å². The second kappa shape index (κ2) is 21.6. The van der Waals surface area contributed by atoms with Crippen molar-refractivity contribution < 1.29 is 57.3 Å². The lowest BCUT2D eigenvalue weighted by Gasteiger charge is -2.33. The molecular formula is C38H64N4O12. The van der Waals surface area contributed by atoms with Gasteiger partial charge in [-0.2, -0.15) is 0 Å². The summed E-state index contributed by atoms with van der Waals surface area (Å²) in [6.07, 6.45) is -2.16. The van der Waals surface area contributed by atoms with E-state index in [-0.39, 0.29) is 49.4 Å². The molecule has 16 heteroatoms. The molecule has 1 saturated heterocycles. The van der Waals surface area contributed by atoms with Crippen LogP contribution in [-0.4, -0.2) is 145 Å². The van der Waals surface area contributed by atoms with Gasteiger partial charge in [-0.3, -0.25) is 19.2 Å². The van der Waals surface area contributed by atoms with Gasteiger partial charge in [0, 0.05) is 28.2 Å². The van der Waals surface area contributed by atoms with Gasteiger partial charge >= 0.3 is 23.9 Å². The highest BCUT2D eigenvalue weighted by Gasteiger charge is 2.39. The van der Waals surface area contributed by atoms with Crippen LogP contribution in [0, 0.1) is 23.7 Å². The molecule has 1 fully saturated rings. The number of amides is 4. The van der Waals surface area contributed by atoms with Crippen LogP contribution in [-0.2, 0) is 57.3 Å². The highest BCUT2D eigenvalue weighted by molar-refractivity contribution is 5.93. The maximum absolute atomic E-state index is 13.6. The Hall–Kier alpha value is -4.24. The molecule has 16 nitrogen and oxygen atoms in total. The molecule has 1 aliphatic rings. The van der Waals surface area contributed by atoms with Gasteiger partial charge in [-0.1, -0.05) is 55.4 Å². The molecule has 0 aromatic carbocycles. The minimum Gasteiger partial charge on any atom is -0.454 e. The van der Waals surface area contributed by atoms with Crippen molar-refractivity contribution in [3.05, 3.63) is 0 Å². The predicted molar refractivity (Wildman–Crippen MR) is 197 cm³/mol. The van der Waals surface area contributed by atoms with E-state index in [1.807, 2.05) is 55.4 Å². The van der Waals surface area contributed by atoms with Crippen molar-refractivity contribution in [2.24, 2.45) is 23.7 Å². The standard InChI is InChI=1S/C38H64N4O12/c1-21(2)15-27-35(47)51-19-31(43)39(11)30(18-24(7)8)38(50)54-26(10)34(46)42(14)28(16-22(3)4)36(48)52-20-32(44)40(12)29(17-23(5)6)37(49)53-25(9)33(45)41(27)13/h21-30H,15-20H2,1-14H3/t25-,26-,27+,28+,29+,30+/m1/s1. The molecule has 308 valence electrons. The lowest BCUT2D eigenvalue weighted by molar-refractivity contribution is -0.172. The van der Waals surface area contributed by atoms with Gasteiger partial charge in [0.15, 0.2) is 25.4 Å². The molecule has 1 heterocycles. The van der Waals surface area contributed by atoms with Gasteiger partial charge in [-0.15, -0.1) is 0 Å². The summed E-state index contributed by atoms with van der Waals surface area (Å²) in [5, 5.41) is 0. The van der Waals surface area contributed by atoms with Gasteiger partial charge < -0.3 is 38.5 Å². The molecule has 1 rings (SSSR count). The number of ether oxygens (including phenoxy) is 4. The third kappa shape index (κ3) is 14.2. The van der Waals surface area contributed by atoms with E-state index in [0.717, 1.165) is 19.6 Å². The van der Waals surface area contributed by atoms with Crippen LogP contribution in [0.25, 0.3) is 0 Å². The molecule has 0 spiro atoms. The Morgan fingerprint density at radius 1 is 0.444 bits per heavy atom. The fourth-order valence-electron chi connectivity index (χ4n) is 5.93. The first-order chi connectivity index (χ1) is 24.9. The maximum Gasteiger partial charge on any atom is 0.329 e. The average Bonchev–Trinajstić information content (AvgIpc) is 3.08. The van der Waals surface area contributed by atoms with Crippen molar-refractivity contribution in [1.82, 2.24) is 19.6 Å². The summed E-state index contributed by atoms with van der Waals surface area (Å²) in [6.45, 7) is 15.8. The number of cyclic esters (lactones) is 4. The SMILES string of the molecule is CC(C)C[C@H]1C(=O)O[C@H](C)C(=O)N(C)[C@@H](CC(C)C)C(=O)OCC(=O)N(C)[C@@H](CC(C)C)C(=O)O[C@H](C)C(=O)N(C)[C@@H](CC(C)C)C(=O)OCC(=O)N1C. The minimum absolute atomic E-state index is 0.0975. The largest absolute Gasteiger partial charge is 0.454 e. The van der Waals surface area contributed by atoms with E-state index < -0.39 is 97.1 Å². The number of carbonyl (C=O) groups excluding carboxylic acids is 8. The smallest absolute Gasteiger partial charge is 0.329 e. The van der Waals surface area contributed by atoms with Crippen LogP contribution >= 0.6 is 0 Å². The van der Waals surface area contributed by atoms with E-state index in [1.54, 1.807) is 0 Å². The molecule has 1 aliphatic heterocycles. The zero-order chi connectivity index (χ0) is 41.8. The summed E-state index contributed by atoms with van der Waals surface area (Å²) in [4.78, 5) is 112. The molecule has 0 aliphatic carbocycles. The van der Waals surface area contributed by atoms with E-state index in [9.17, 15) is 38.4 Å². The van der Waals surface area contributed by atoms with Gasteiger partial charge in [-0.05, 0) is 63.2 Å². The Labute approximate surface area is 320 Å².